The Morgan fingerprint density at radius 2 is 0.964 bits per heavy atom. The van der Waals surface area contributed by atoms with Gasteiger partial charge in [-0.1, -0.05) is 0 Å². The summed E-state index contributed by atoms with van der Waals surface area (Å²) in [5.74, 6) is 6.70. The molecule has 0 saturated carbocycles. The zero-order valence-corrected chi connectivity index (χ0v) is 17.1. The summed E-state index contributed by atoms with van der Waals surface area (Å²) in [6.45, 7) is 0. The Labute approximate surface area is 168 Å². The van der Waals surface area contributed by atoms with Crippen molar-refractivity contribution in [3.05, 3.63) is 45.3 Å². The molecule has 2 unspecified atom stereocenters. The molecular formula is C25H34O3. The van der Waals surface area contributed by atoms with Crippen LogP contribution in [0.4, 0.5) is 0 Å². The fourth-order valence-corrected chi connectivity index (χ4v) is 6.62. The standard InChI is InChI=1S/C25H32O2.H2O/c1-3-13-22-18(9-1)20-11-5-7-16(24(20)26-22)15-17-8-6-12-21-19-10-2-4-14-23(19)27-25(17)21;/h16-17H,1-15H2;1H2. The number of rotatable bonds is 2. The maximum absolute atomic E-state index is 6.52. The average Bonchev–Trinajstić information content (AvgIpc) is 3.28. The molecule has 152 valence electrons. The molecule has 2 aromatic rings. The van der Waals surface area contributed by atoms with Crippen molar-refractivity contribution in [1.82, 2.24) is 0 Å². The lowest BCUT2D eigenvalue weighted by atomic mass is 9.76. The van der Waals surface area contributed by atoms with Crippen molar-refractivity contribution < 1.29 is 14.3 Å². The molecule has 3 nitrogen and oxygen atoms in total. The number of aryl methyl sites for hydroxylation is 2. The second-order valence-corrected chi connectivity index (χ2v) is 9.52. The van der Waals surface area contributed by atoms with E-state index in [2.05, 4.69) is 0 Å². The molecule has 4 aliphatic carbocycles. The third kappa shape index (κ3) is 2.89. The molecule has 2 heterocycles. The van der Waals surface area contributed by atoms with Gasteiger partial charge in [0.15, 0.2) is 0 Å². The van der Waals surface area contributed by atoms with Gasteiger partial charge in [-0.05, 0) is 106 Å². The fraction of sp³-hybridized carbons (Fsp3) is 0.680. The van der Waals surface area contributed by atoms with Crippen molar-refractivity contribution in [2.24, 2.45) is 0 Å². The minimum absolute atomic E-state index is 0. The van der Waals surface area contributed by atoms with E-state index in [0.29, 0.717) is 11.8 Å². The van der Waals surface area contributed by atoms with Crippen LogP contribution >= 0.6 is 0 Å². The number of furan rings is 2. The average molecular weight is 383 g/mol. The Morgan fingerprint density at radius 3 is 1.46 bits per heavy atom. The molecule has 4 aliphatic rings. The molecule has 0 aromatic carbocycles. The van der Waals surface area contributed by atoms with Crippen LogP contribution in [-0.4, -0.2) is 5.48 Å². The van der Waals surface area contributed by atoms with Crippen LogP contribution in [0.2, 0.25) is 0 Å². The van der Waals surface area contributed by atoms with Gasteiger partial charge in [0.2, 0.25) is 0 Å². The van der Waals surface area contributed by atoms with E-state index in [0.717, 1.165) is 0 Å². The molecule has 0 spiro atoms. The molecule has 2 aromatic heterocycles. The van der Waals surface area contributed by atoms with Gasteiger partial charge in [-0.2, -0.15) is 0 Å². The largest absolute Gasteiger partial charge is 0.465 e. The van der Waals surface area contributed by atoms with Crippen molar-refractivity contribution in [2.75, 3.05) is 0 Å². The van der Waals surface area contributed by atoms with Crippen LogP contribution in [-0.2, 0) is 38.5 Å². The van der Waals surface area contributed by atoms with Crippen molar-refractivity contribution >= 4 is 0 Å². The number of hydrogen-bond donors (Lipinski definition) is 0. The highest BCUT2D eigenvalue weighted by Crippen LogP contribution is 2.47. The van der Waals surface area contributed by atoms with E-state index < -0.39 is 0 Å². The van der Waals surface area contributed by atoms with E-state index in [1.54, 1.807) is 22.3 Å². The summed E-state index contributed by atoms with van der Waals surface area (Å²) in [5, 5.41) is 0. The molecule has 0 amide bonds. The lowest BCUT2D eigenvalue weighted by molar-refractivity contribution is 0.323. The van der Waals surface area contributed by atoms with Gasteiger partial charge < -0.3 is 14.3 Å². The zero-order chi connectivity index (χ0) is 17.8. The third-order valence-electron chi connectivity index (χ3n) is 7.89. The zero-order valence-electron chi connectivity index (χ0n) is 17.1. The van der Waals surface area contributed by atoms with Gasteiger partial charge in [0, 0.05) is 24.7 Å². The molecule has 0 fully saturated rings. The molecule has 0 aliphatic heterocycles. The molecule has 3 heteroatoms. The molecule has 0 radical (unpaired) electrons. The minimum Gasteiger partial charge on any atom is -0.465 e. The van der Waals surface area contributed by atoms with Crippen LogP contribution in [0.1, 0.15) is 115 Å². The first-order valence-electron chi connectivity index (χ1n) is 11.6. The van der Waals surface area contributed by atoms with Gasteiger partial charge in [0.05, 0.1) is 0 Å². The topological polar surface area (TPSA) is 57.8 Å². The second kappa shape index (κ2) is 7.40. The van der Waals surface area contributed by atoms with E-state index in [-0.39, 0.29) is 5.48 Å². The quantitative estimate of drug-likeness (QED) is 0.665. The molecule has 2 atom stereocenters. The molecule has 2 N–H and O–H groups in total. The van der Waals surface area contributed by atoms with Crippen LogP contribution in [0.5, 0.6) is 0 Å². The maximum Gasteiger partial charge on any atom is 0.110 e. The van der Waals surface area contributed by atoms with Crippen LogP contribution in [0.25, 0.3) is 0 Å². The molecular weight excluding hydrogens is 348 g/mol. The van der Waals surface area contributed by atoms with Gasteiger partial charge in [0.1, 0.15) is 23.0 Å². The normalized spacial score (nSPS) is 25.9. The van der Waals surface area contributed by atoms with Gasteiger partial charge in [-0.3, -0.25) is 0 Å². The van der Waals surface area contributed by atoms with Crippen molar-refractivity contribution in [3.8, 4) is 0 Å². The Bertz CT molecular complexity index is 786. The van der Waals surface area contributed by atoms with Crippen LogP contribution < -0.4 is 0 Å². The lowest BCUT2D eigenvalue weighted by Crippen LogP contribution is -2.16. The van der Waals surface area contributed by atoms with E-state index in [4.69, 9.17) is 8.83 Å². The van der Waals surface area contributed by atoms with Crippen molar-refractivity contribution in [2.45, 2.75) is 108 Å². The Kier molecular flexibility index (Phi) is 4.90. The first-order valence-corrected chi connectivity index (χ1v) is 11.6. The Morgan fingerprint density at radius 1 is 0.536 bits per heavy atom. The lowest BCUT2D eigenvalue weighted by Gasteiger charge is -2.28. The minimum atomic E-state index is 0. The molecule has 28 heavy (non-hydrogen) atoms. The van der Waals surface area contributed by atoms with Gasteiger partial charge in [0.25, 0.3) is 0 Å². The maximum atomic E-state index is 6.52. The second-order valence-electron chi connectivity index (χ2n) is 9.52. The highest BCUT2D eigenvalue weighted by atomic mass is 16.3. The molecule has 0 saturated heterocycles. The van der Waals surface area contributed by atoms with E-state index in [1.165, 1.54) is 119 Å². The fourth-order valence-electron chi connectivity index (χ4n) is 6.62. The summed E-state index contributed by atoms with van der Waals surface area (Å²) in [5.41, 5.74) is 6.46. The third-order valence-corrected chi connectivity index (χ3v) is 7.89. The highest BCUT2D eigenvalue weighted by molar-refractivity contribution is 5.41. The molecule has 0 bridgehead atoms. The van der Waals surface area contributed by atoms with E-state index in [9.17, 15) is 0 Å². The Balaban J connectivity index is 0.00000171. The summed E-state index contributed by atoms with van der Waals surface area (Å²) in [4.78, 5) is 0. The summed E-state index contributed by atoms with van der Waals surface area (Å²) < 4.78 is 13.0. The SMILES string of the molecule is C1CCc2c(oc3c2CCCC3CC2CCCc3c2oc2c3CCCC2)C1.O. The summed E-state index contributed by atoms with van der Waals surface area (Å²) in [6, 6.07) is 0. The predicted octanol–water partition coefficient (Wildman–Crippen LogP) is 5.74. The summed E-state index contributed by atoms with van der Waals surface area (Å²) >= 11 is 0. The summed E-state index contributed by atoms with van der Waals surface area (Å²) in [6.07, 6.45) is 19.3. The smallest absolute Gasteiger partial charge is 0.110 e. The van der Waals surface area contributed by atoms with Gasteiger partial charge in [-0.15, -0.1) is 0 Å². The van der Waals surface area contributed by atoms with Gasteiger partial charge >= 0.3 is 0 Å². The molecule has 6 rings (SSSR count). The van der Waals surface area contributed by atoms with E-state index >= 15 is 0 Å². The summed E-state index contributed by atoms with van der Waals surface area (Å²) in [7, 11) is 0. The van der Waals surface area contributed by atoms with Crippen LogP contribution in [0.15, 0.2) is 8.83 Å². The van der Waals surface area contributed by atoms with E-state index in [1.807, 2.05) is 0 Å². The predicted molar refractivity (Wildman–Crippen MR) is 110 cm³/mol. The van der Waals surface area contributed by atoms with Gasteiger partial charge in [-0.25, -0.2) is 0 Å². The first kappa shape index (κ1) is 18.5. The Hall–Kier alpha value is -1.48. The number of fused-ring (bicyclic) bond motifs is 6. The first-order chi connectivity index (χ1) is 13.4. The van der Waals surface area contributed by atoms with Crippen molar-refractivity contribution in [1.29, 1.82) is 0 Å². The highest BCUT2D eigenvalue weighted by Gasteiger charge is 2.35. The van der Waals surface area contributed by atoms with Crippen LogP contribution in [0.3, 0.4) is 0 Å². The van der Waals surface area contributed by atoms with Crippen LogP contribution in [0, 0.1) is 0 Å². The number of hydrogen-bond acceptors (Lipinski definition) is 2. The van der Waals surface area contributed by atoms with Crippen molar-refractivity contribution in [3.63, 3.8) is 0 Å². The monoisotopic (exact) mass is 382 g/mol.